The minimum Gasteiger partial charge on any atom is -0.403 e. The first-order valence-electron chi connectivity index (χ1n) is 15.0. The van der Waals surface area contributed by atoms with E-state index in [0.29, 0.717) is 47.8 Å². The molecule has 1 aliphatic rings. The highest BCUT2D eigenvalue weighted by molar-refractivity contribution is 6.31. The maximum Gasteiger partial charge on any atom is 0.332 e. The van der Waals surface area contributed by atoms with Crippen LogP contribution in [0.4, 0.5) is 8.78 Å². The maximum atomic E-state index is 13.9. The standard InChI is InChI=1S/C34H31ClF2N8O2/c1-20-6-5-9-29(27-13-22(10-11-39-27)31(43-34(36)37)28(16-38)42-33(20)47)44-19-40-26(15-30(44)46)25-14-24(35)12-23-17-41-45(32(23)25)18-21-7-3-2-4-8-21/h2-4,7-8,10-17,19-20,29,34H,5-6,9,18,38H2,1H3,(H,42,47). The lowest BCUT2D eigenvalue weighted by Crippen LogP contribution is -2.34. The number of halogens is 3. The molecule has 0 fully saturated rings. The molecule has 0 saturated carbocycles. The summed E-state index contributed by atoms with van der Waals surface area (Å²) in [4.78, 5) is 39.5. The summed E-state index contributed by atoms with van der Waals surface area (Å²) in [6.45, 7) is -0.812. The second-order valence-electron chi connectivity index (χ2n) is 11.3. The fraction of sp³-hybridized carbons (Fsp3) is 0.235. The van der Waals surface area contributed by atoms with Crippen molar-refractivity contribution in [3.8, 4) is 11.3 Å². The summed E-state index contributed by atoms with van der Waals surface area (Å²) in [5.74, 6) is -0.843. The molecule has 0 radical (unpaired) electrons. The summed E-state index contributed by atoms with van der Waals surface area (Å²) in [6, 6.07) is 17.4. The second kappa shape index (κ2) is 13.6. The predicted octanol–water partition coefficient (Wildman–Crippen LogP) is 5.69. The van der Waals surface area contributed by atoms with Gasteiger partial charge in [-0.15, -0.1) is 0 Å². The number of fused-ring (bicyclic) bond motifs is 3. The third-order valence-electron chi connectivity index (χ3n) is 8.19. The number of nitrogens with zero attached hydrogens (tertiary/aromatic N) is 6. The maximum absolute atomic E-state index is 13.9. The highest BCUT2D eigenvalue weighted by Crippen LogP contribution is 2.32. The summed E-state index contributed by atoms with van der Waals surface area (Å²) in [7, 11) is 0. The van der Waals surface area contributed by atoms with Crippen LogP contribution in [-0.2, 0) is 11.3 Å². The number of alkyl halides is 2. The molecule has 1 amide bonds. The smallest absolute Gasteiger partial charge is 0.332 e. The van der Waals surface area contributed by atoms with Crippen molar-refractivity contribution in [1.82, 2.24) is 29.6 Å². The van der Waals surface area contributed by atoms with Gasteiger partial charge in [-0.1, -0.05) is 55.3 Å². The van der Waals surface area contributed by atoms with Crippen molar-refractivity contribution >= 4 is 34.1 Å². The van der Waals surface area contributed by atoms with Crippen LogP contribution in [0.3, 0.4) is 0 Å². The van der Waals surface area contributed by atoms with E-state index in [-0.39, 0.29) is 28.4 Å². The topological polar surface area (TPSA) is 133 Å². The lowest BCUT2D eigenvalue weighted by Gasteiger charge is -2.23. The first-order valence-corrected chi connectivity index (χ1v) is 15.4. The zero-order valence-corrected chi connectivity index (χ0v) is 26.1. The molecule has 240 valence electrons. The van der Waals surface area contributed by atoms with Gasteiger partial charge < -0.3 is 11.1 Å². The van der Waals surface area contributed by atoms with E-state index < -0.39 is 18.5 Å². The number of aromatic nitrogens is 5. The van der Waals surface area contributed by atoms with Crippen molar-refractivity contribution in [2.75, 3.05) is 0 Å². The van der Waals surface area contributed by atoms with Crippen LogP contribution in [0, 0.1) is 5.92 Å². The van der Waals surface area contributed by atoms with E-state index in [1.165, 1.54) is 29.2 Å². The lowest BCUT2D eigenvalue weighted by atomic mass is 9.96. The largest absolute Gasteiger partial charge is 0.403 e. The van der Waals surface area contributed by atoms with E-state index in [1.54, 1.807) is 25.3 Å². The van der Waals surface area contributed by atoms with Gasteiger partial charge in [0.05, 0.1) is 53.4 Å². The SMILES string of the molecule is CC1CCCC(n2cnc(-c3cc(Cl)cc4cnn(Cc5ccccc5)c34)cc2=O)c2cc(ccn2)C(=NC(F)F)C(=CN)NC1=O. The molecule has 4 heterocycles. The minimum atomic E-state index is -3.06. The number of rotatable bonds is 5. The molecule has 3 aromatic heterocycles. The predicted molar refractivity (Wildman–Crippen MR) is 176 cm³/mol. The highest BCUT2D eigenvalue weighted by atomic mass is 35.5. The number of benzene rings is 2. The Bertz CT molecular complexity index is 2060. The number of nitrogens with two attached hydrogens (primary N) is 1. The molecule has 5 aromatic rings. The number of pyridine rings is 1. The number of aliphatic imine (C=N–C) groups is 1. The molecule has 10 nitrogen and oxygen atoms in total. The Morgan fingerprint density at radius 2 is 1.91 bits per heavy atom. The van der Waals surface area contributed by atoms with Crippen molar-refractivity contribution in [3.63, 3.8) is 0 Å². The second-order valence-corrected chi connectivity index (χ2v) is 11.8. The molecular formula is C34H31ClF2N8O2. The van der Waals surface area contributed by atoms with Crippen molar-refractivity contribution in [1.29, 1.82) is 0 Å². The molecule has 6 rings (SSSR count). The van der Waals surface area contributed by atoms with E-state index in [2.05, 4.69) is 20.4 Å². The summed E-state index contributed by atoms with van der Waals surface area (Å²) in [6.07, 6.45) is 7.15. The number of carbonyl (C=O) groups is 1. The molecule has 0 saturated heterocycles. The van der Waals surface area contributed by atoms with Crippen LogP contribution in [0.15, 0.2) is 101 Å². The fourth-order valence-corrected chi connectivity index (χ4v) is 6.07. The van der Waals surface area contributed by atoms with Gasteiger partial charge in [0.1, 0.15) is 0 Å². The Balaban J connectivity index is 1.43. The lowest BCUT2D eigenvalue weighted by molar-refractivity contribution is -0.123. The van der Waals surface area contributed by atoms with Crippen LogP contribution in [0.5, 0.6) is 0 Å². The number of nitrogens with one attached hydrogen (secondary N) is 1. The minimum absolute atomic E-state index is 0.0426. The molecule has 2 atom stereocenters. The molecule has 13 heteroatoms. The Kier molecular flexibility index (Phi) is 9.21. The number of allylic oxidation sites excluding steroid dienone is 1. The molecule has 2 unspecified atom stereocenters. The van der Waals surface area contributed by atoms with Gasteiger partial charge in [0.25, 0.3) is 5.56 Å². The first kappa shape index (κ1) is 31.7. The quantitative estimate of drug-likeness (QED) is 0.234. The van der Waals surface area contributed by atoms with Crippen molar-refractivity contribution in [3.05, 3.63) is 123 Å². The van der Waals surface area contributed by atoms with Gasteiger partial charge in [0.2, 0.25) is 5.91 Å². The average molecular weight is 657 g/mol. The van der Waals surface area contributed by atoms with Gasteiger partial charge in [-0.25, -0.2) is 9.98 Å². The van der Waals surface area contributed by atoms with Gasteiger partial charge in [-0.05, 0) is 42.7 Å². The Morgan fingerprint density at radius 1 is 1.11 bits per heavy atom. The Hall–Kier alpha value is -5.23. The van der Waals surface area contributed by atoms with E-state index in [0.717, 1.165) is 22.7 Å². The van der Waals surface area contributed by atoms with Gasteiger partial charge in [-0.2, -0.15) is 13.9 Å². The normalized spacial score (nSPS) is 19.1. The van der Waals surface area contributed by atoms with Gasteiger partial charge in [0.15, 0.2) is 0 Å². The zero-order chi connectivity index (χ0) is 33.1. The Morgan fingerprint density at radius 3 is 2.66 bits per heavy atom. The van der Waals surface area contributed by atoms with Gasteiger partial charge >= 0.3 is 6.55 Å². The zero-order valence-electron chi connectivity index (χ0n) is 25.4. The summed E-state index contributed by atoms with van der Waals surface area (Å²) >= 11 is 6.49. The van der Waals surface area contributed by atoms with Crippen molar-refractivity contribution in [2.45, 2.75) is 45.3 Å². The molecule has 0 spiro atoms. The highest BCUT2D eigenvalue weighted by Gasteiger charge is 2.25. The van der Waals surface area contributed by atoms with Gasteiger partial charge in [0, 0.05) is 45.9 Å². The molecule has 1 aliphatic heterocycles. The monoisotopic (exact) mass is 656 g/mol. The molecule has 47 heavy (non-hydrogen) atoms. The third-order valence-corrected chi connectivity index (χ3v) is 8.40. The molecule has 0 aliphatic carbocycles. The summed E-state index contributed by atoms with van der Waals surface area (Å²) < 4.78 is 30.5. The average Bonchev–Trinajstić information content (AvgIpc) is 3.46. The first-order chi connectivity index (χ1) is 22.7. The van der Waals surface area contributed by atoms with Crippen LogP contribution in [-0.4, -0.2) is 42.5 Å². The van der Waals surface area contributed by atoms with Crippen LogP contribution >= 0.6 is 11.6 Å². The van der Waals surface area contributed by atoms with Crippen LogP contribution in [0.25, 0.3) is 22.2 Å². The van der Waals surface area contributed by atoms with Crippen LogP contribution < -0.4 is 16.6 Å². The number of hydrogen-bond acceptors (Lipinski definition) is 7. The molecule has 2 bridgehead atoms. The fourth-order valence-electron chi connectivity index (χ4n) is 5.85. The van der Waals surface area contributed by atoms with E-state index in [1.807, 2.05) is 41.1 Å². The third kappa shape index (κ3) is 6.82. The van der Waals surface area contributed by atoms with Crippen molar-refractivity contribution < 1.29 is 13.6 Å². The number of hydrogen-bond donors (Lipinski definition) is 2. The molecular weight excluding hydrogens is 626 g/mol. The van der Waals surface area contributed by atoms with E-state index in [9.17, 15) is 18.4 Å². The molecule has 2 aromatic carbocycles. The number of carbonyl (C=O) groups excluding carboxylic acids is 1. The summed E-state index contributed by atoms with van der Waals surface area (Å²) in [5.41, 5.74) is 8.79. The molecule has 3 N–H and O–H groups in total. The Labute approximate surface area is 273 Å². The number of amides is 1. The van der Waals surface area contributed by atoms with Gasteiger partial charge in [-0.3, -0.25) is 23.8 Å². The van der Waals surface area contributed by atoms with E-state index >= 15 is 0 Å². The van der Waals surface area contributed by atoms with Crippen LogP contribution in [0.2, 0.25) is 5.02 Å². The van der Waals surface area contributed by atoms with Crippen molar-refractivity contribution in [2.24, 2.45) is 16.6 Å². The van der Waals surface area contributed by atoms with E-state index in [4.69, 9.17) is 22.3 Å². The summed E-state index contributed by atoms with van der Waals surface area (Å²) in [5, 5.41) is 8.50. The van der Waals surface area contributed by atoms with Crippen LogP contribution in [0.1, 0.15) is 49.0 Å².